The Morgan fingerprint density at radius 1 is 0.773 bits per heavy atom. The molecule has 5 aromatic rings. The van der Waals surface area contributed by atoms with Crippen molar-refractivity contribution >= 4 is 12.4 Å². The van der Waals surface area contributed by atoms with Crippen LogP contribution in [0.5, 0.6) is 5.75 Å². The minimum atomic E-state index is -4.80. The molecule has 0 spiro atoms. The van der Waals surface area contributed by atoms with Crippen LogP contribution in [0.4, 0.5) is 26.3 Å². The van der Waals surface area contributed by atoms with Gasteiger partial charge in [0.1, 0.15) is 18.2 Å². The van der Waals surface area contributed by atoms with Crippen molar-refractivity contribution in [3.8, 4) is 40.4 Å². The molecule has 44 heavy (non-hydrogen) atoms. The average Bonchev–Trinajstić information content (AvgIpc) is 2.98. The van der Waals surface area contributed by atoms with E-state index in [4.69, 9.17) is 4.74 Å². The van der Waals surface area contributed by atoms with E-state index in [0.29, 0.717) is 11.3 Å². The summed E-state index contributed by atoms with van der Waals surface area (Å²) in [5, 5.41) is 0. The quantitative estimate of drug-likeness (QED) is 0.163. The summed E-state index contributed by atoms with van der Waals surface area (Å²) >= 11 is 0. The summed E-state index contributed by atoms with van der Waals surface area (Å²) in [5.41, 5.74) is -1.97. The maximum Gasteiger partial charge on any atom is 0.417 e. The highest BCUT2D eigenvalue weighted by Gasteiger charge is 2.36. The van der Waals surface area contributed by atoms with Crippen LogP contribution in [0.1, 0.15) is 27.9 Å². The highest BCUT2D eigenvalue weighted by atomic mass is 35.5. The first-order valence-electron chi connectivity index (χ1n) is 12.5. The molecule has 0 saturated carbocycles. The fourth-order valence-corrected chi connectivity index (χ4v) is 4.02. The summed E-state index contributed by atoms with van der Waals surface area (Å²) in [7, 11) is 0. The highest BCUT2D eigenvalue weighted by molar-refractivity contribution is 5.85. The lowest BCUT2D eigenvalue weighted by molar-refractivity contribution is -0.138. The predicted molar refractivity (Wildman–Crippen MR) is 152 cm³/mol. The molecule has 0 radical (unpaired) electrons. The summed E-state index contributed by atoms with van der Waals surface area (Å²) in [6.07, 6.45) is -7.79. The van der Waals surface area contributed by atoms with Crippen LogP contribution in [0.15, 0.2) is 95.9 Å². The molecule has 2 aromatic heterocycles. The van der Waals surface area contributed by atoms with Gasteiger partial charge in [0.15, 0.2) is 5.82 Å². The lowest BCUT2D eigenvalue weighted by Gasteiger charge is -2.17. The summed E-state index contributed by atoms with van der Waals surface area (Å²) in [4.78, 5) is 26.9. The summed E-state index contributed by atoms with van der Waals surface area (Å²) in [6.45, 7) is -0.139. The van der Waals surface area contributed by atoms with Crippen molar-refractivity contribution in [2.75, 3.05) is 0 Å². The van der Waals surface area contributed by atoms with Crippen LogP contribution in [0.2, 0.25) is 0 Å². The largest absolute Gasteiger partial charge is 0.487 e. The minimum absolute atomic E-state index is 0. The van der Waals surface area contributed by atoms with Crippen LogP contribution >= 0.6 is 12.4 Å². The standard InChI is InChI=1S/C31H18F6N4O2.ClH/c32-30(33,34)22-6-3-5-20(17-22)11-10-19-12-14-21(15-13-19)27-39-28(41-29(42)40-27)26-24(31(35,36)37)8-4-9-25(26)43-18-23-7-1-2-16-38-23;/h1-9,12-17H,18H2,(H,39,40,41,42);1H. The minimum Gasteiger partial charge on any atom is -0.487 e. The van der Waals surface area contributed by atoms with Crippen molar-refractivity contribution in [3.63, 3.8) is 0 Å². The normalized spacial score (nSPS) is 11.2. The van der Waals surface area contributed by atoms with Crippen LogP contribution in [0.25, 0.3) is 22.8 Å². The topological polar surface area (TPSA) is 80.8 Å². The predicted octanol–water partition coefficient (Wildman–Crippen LogP) is 7.33. The molecule has 1 N–H and O–H groups in total. The number of aromatic amines is 1. The lowest BCUT2D eigenvalue weighted by Crippen LogP contribution is -2.17. The molecule has 0 amide bonds. The Hall–Kier alpha value is -5.15. The number of halogens is 7. The Bertz CT molecular complexity index is 1880. The average molecular weight is 629 g/mol. The number of hydrogen-bond donors (Lipinski definition) is 1. The number of pyridine rings is 1. The van der Waals surface area contributed by atoms with Gasteiger partial charge in [0.05, 0.1) is 22.4 Å². The van der Waals surface area contributed by atoms with Gasteiger partial charge in [0.2, 0.25) is 0 Å². The van der Waals surface area contributed by atoms with E-state index < -0.39 is 40.6 Å². The van der Waals surface area contributed by atoms with Gasteiger partial charge in [-0.3, -0.25) is 9.97 Å². The second kappa shape index (κ2) is 13.0. The Morgan fingerprint density at radius 2 is 1.50 bits per heavy atom. The Labute approximate surface area is 252 Å². The molecule has 2 heterocycles. The van der Waals surface area contributed by atoms with E-state index in [2.05, 4.69) is 31.8 Å². The zero-order valence-corrected chi connectivity index (χ0v) is 23.0. The molecule has 0 atom stereocenters. The first-order chi connectivity index (χ1) is 20.5. The molecule has 5 rings (SSSR count). The zero-order valence-electron chi connectivity index (χ0n) is 22.2. The number of nitrogens with zero attached hydrogens (tertiary/aromatic N) is 3. The third kappa shape index (κ3) is 7.62. The van der Waals surface area contributed by atoms with E-state index >= 15 is 0 Å². The summed E-state index contributed by atoms with van der Waals surface area (Å²) < 4.78 is 86.7. The molecule has 224 valence electrons. The van der Waals surface area contributed by atoms with Gasteiger partial charge in [0.25, 0.3) is 0 Å². The lowest BCUT2D eigenvalue weighted by atomic mass is 10.0. The van der Waals surface area contributed by atoms with E-state index in [1.165, 1.54) is 54.7 Å². The number of H-pyrrole nitrogens is 1. The maximum absolute atomic E-state index is 14.0. The SMILES string of the molecule is Cl.O=c1nc(-c2ccc(C#Cc3cccc(C(F)(F)F)c3)cc2)nc(-c2c(OCc3ccccn3)cccc2C(F)(F)F)[nH]1. The first kappa shape index (κ1) is 31.8. The Morgan fingerprint density at radius 3 is 2.18 bits per heavy atom. The smallest absolute Gasteiger partial charge is 0.417 e. The van der Waals surface area contributed by atoms with Gasteiger partial charge in [-0.25, -0.2) is 9.78 Å². The zero-order chi connectivity index (χ0) is 30.6. The van der Waals surface area contributed by atoms with Gasteiger partial charge < -0.3 is 4.74 Å². The molecule has 6 nitrogen and oxygen atoms in total. The van der Waals surface area contributed by atoms with Gasteiger partial charge >= 0.3 is 18.0 Å². The fourth-order valence-electron chi connectivity index (χ4n) is 4.02. The summed E-state index contributed by atoms with van der Waals surface area (Å²) in [5.74, 6) is 4.66. The van der Waals surface area contributed by atoms with Crippen LogP contribution in [0, 0.1) is 11.8 Å². The van der Waals surface area contributed by atoms with Crippen molar-refractivity contribution in [3.05, 3.63) is 130 Å². The number of hydrogen-bond acceptors (Lipinski definition) is 5. The van der Waals surface area contributed by atoms with E-state index in [1.807, 2.05) is 0 Å². The fraction of sp³-hybridized carbons (Fsp3) is 0.0968. The monoisotopic (exact) mass is 628 g/mol. The first-order valence-corrected chi connectivity index (χ1v) is 12.5. The van der Waals surface area contributed by atoms with Crippen LogP contribution in [-0.2, 0) is 19.0 Å². The highest BCUT2D eigenvalue weighted by Crippen LogP contribution is 2.41. The molecule has 0 aliphatic carbocycles. The van der Waals surface area contributed by atoms with Crippen LogP contribution in [0.3, 0.4) is 0 Å². The molecule has 3 aromatic carbocycles. The van der Waals surface area contributed by atoms with Crippen molar-refractivity contribution in [2.24, 2.45) is 0 Å². The molecule has 0 aliphatic heterocycles. The third-order valence-electron chi connectivity index (χ3n) is 6.00. The van der Waals surface area contributed by atoms with E-state index in [9.17, 15) is 31.1 Å². The Kier molecular flexibility index (Phi) is 9.40. The number of aromatic nitrogens is 4. The van der Waals surface area contributed by atoms with Crippen LogP contribution in [-0.4, -0.2) is 19.9 Å². The number of benzene rings is 3. The molecule has 0 bridgehead atoms. The van der Waals surface area contributed by atoms with E-state index in [1.54, 1.807) is 18.2 Å². The van der Waals surface area contributed by atoms with Gasteiger partial charge in [-0.15, -0.1) is 12.4 Å². The molecular weight excluding hydrogens is 610 g/mol. The summed E-state index contributed by atoms with van der Waals surface area (Å²) in [6, 6.07) is 19.0. The van der Waals surface area contributed by atoms with Crippen molar-refractivity contribution < 1.29 is 31.1 Å². The molecular formula is C31H19ClF6N4O2. The van der Waals surface area contributed by atoms with E-state index in [-0.39, 0.29) is 41.7 Å². The molecule has 13 heteroatoms. The molecule has 0 saturated heterocycles. The maximum atomic E-state index is 14.0. The van der Waals surface area contributed by atoms with E-state index in [0.717, 1.165) is 18.2 Å². The van der Waals surface area contributed by atoms with Gasteiger partial charge in [-0.2, -0.15) is 31.3 Å². The molecule has 0 aliphatic rings. The van der Waals surface area contributed by atoms with Crippen molar-refractivity contribution in [2.45, 2.75) is 19.0 Å². The third-order valence-corrected chi connectivity index (χ3v) is 6.00. The van der Waals surface area contributed by atoms with Crippen molar-refractivity contribution in [1.82, 2.24) is 19.9 Å². The van der Waals surface area contributed by atoms with Crippen LogP contribution < -0.4 is 10.4 Å². The van der Waals surface area contributed by atoms with Gasteiger partial charge in [-0.05, 0) is 66.7 Å². The van der Waals surface area contributed by atoms with Gasteiger partial charge in [-0.1, -0.05) is 30.0 Å². The molecule has 0 fully saturated rings. The van der Waals surface area contributed by atoms with Crippen molar-refractivity contribution in [1.29, 1.82) is 0 Å². The second-order valence-corrected chi connectivity index (χ2v) is 9.02. The second-order valence-electron chi connectivity index (χ2n) is 9.02. The Balaban J connectivity index is 0.00000442. The number of alkyl halides is 6. The number of ether oxygens (including phenoxy) is 1. The number of nitrogens with one attached hydrogen (secondary N) is 1. The number of rotatable bonds is 5. The molecule has 0 unspecified atom stereocenters. The van der Waals surface area contributed by atoms with Gasteiger partial charge in [0, 0.05) is 22.9 Å².